The monoisotopic (exact) mass is 310 g/mol. The van der Waals surface area contributed by atoms with Crippen molar-refractivity contribution in [2.24, 2.45) is 5.73 Å². The van der Waals surface area contributed by atoms with Crippen molar-refractivity contribution >= 4 is 24.8 Å². The number of ether oxygens (including phenoxy) is 1. The molecule has 1 aliphatic rings. The molecule has 0 amide bonds. The van der Waals surface area contributed by atoms with Crippen molar-refractivity contribution < 1.29 is 9.13 Å². The van der Waals surface area contributed by atoms with Crippen LogP contribution in [0.5, 0.6) is 0 Å². The minimum atomic E-state index is -0.198. The predicted molar refractivity (Wildman–Crippen MR) is 79.9 cm³/mol. The van der Waals surface area contributed by atoms with Crippen LogP contribution in [-0.2, 0) is 4.74 Å². The quantitative estimate of drug-likeness (QED) is 0.925. The second kappa shape index (κ2) is 8.72. The first kappa shape index (κ1) is 18.6. The van der Waals surface area contributed by atoms with E-state index in [1.165, 1.54) is 12.1 Å². The number of hydrogen-bond donors (Lipinski definition) is 1. The summed E-state index contributed by atoms with van der Waals surface area (Å²) in [4.78, 5) is 2.29. The van der Waals surface area contributed by atoms with Gasteiger partial charge in [-0.25, -0.2) is 4.39 Å². The van der Waals surface area contributed by atoms with Crippen LogP contribution in [0.1, 0.15) is 11.5 Å². The number of methoxy groups -OCH3 is 1. The minimum absolute atomic E-state index is 0. The number of nitrogens with zero attached hydrogens (tertiary/aromatic N) is 1. The van der Waals surface area contributed by atoms with E-state index in [2.05, 4.69) is 4.90 Å². The van der Waals surface area contributed by atoms with Gasteiger partial charge in [-0.1, -0.05) is 12.1 Å². The largest absolute Gasteiger partial charge is 0.383 e. The van der Waals surface area contributed by atoms with Crippen LogP contribution >= 0.6 is 24.8 Å². The molecule has 0 spiro atoms. The van der Waals surface area contributed by atoms with Crippen LogP contribution in [0, 0.1) is 5.82 Å². The molecule has 3 nitrogen and oxygen atoms in total. The fourth-order valence-corrected chi connectivity index (χ4v) is 2.38. The van der Waals surface area contributed by atoms with Crippen LogP contribution in [0.3, 0.4) is 0 Å². The van der Waals surface area contributed by atoms with Crippen molar-refractivity contribution in [3.8, 4) is 0 Å². The molecule has 0 saturated carbocycles. The van der Waals surface area contributed by atoms with E-state index in [-0.39, 0.29) is 36.7 Å². The molecule has 1 fully saturated rings. The van der Waals surface area contributed by atoms with Crippen LogP contribution < -0.4 is 5.73 Å². The summed E-state index contributed by atoms with van der Waals surface area (Å²) in [5.41, 5.74) is 7.26. The third-order valence-corrected chi connectivity index (χ3v) is 3.35. The van der Waals surface area contributed by atoms with Crippen LogP contribution in [0.4, 0.5) is 4.39 Å². The van der Waals surface area contributed by atoms with E-state index in [4.69, 9.17) is 10.5 Å². The molecule has 2 atom stereocenters. The molecule has 1 aliphatic heterocycles. The Morgan fingerprint density at radius 1 is 1.26 bits per heavy atom. The highest BCUT2D eigenvalue weighted by Crippen LogP contribution is 2.26. The van der Waals surface area contributed by atoms with Gasteiger partial charge in [0.05, 0.1) is 6.61 Å². The highest BCUT2D eigenvalue weighted by atomic mass is 35.5. The average molecular weight is 311 g/mol. The third-order valence-electron chi connectivity index (χ3n) is 3.35. The molecule has 1 heterocycles. The van der Waals surface area contributed by atoms with E-state index in [0.717, 1.165) is 31.8 Å². The lowest BCUT2D eigenvalue weighted by Gasteiger charge is -2.15. The molecule has 6 heteroatoms. The Bertz CT molecular complexity index is 364. The molecule has 0 bridgehead atoms. The number of hydrogen-bond acceptors (Lipinski definition) is 3. The Morgan fingerprint density at radius 2 is 1.89 bits per heavy atom. The minimum Gasteiger partial charge on any atom is -0.383 e. The van der Waals surface area contributed by atoms with Crippen molar-refractivity contribution in [3.63, 3.8) is 0 Å². The summed E-state index contributed by atoms with van der Waals surface area (Å²) in [7, 11) is 1.70. The SMILES string of the molecule is COCCN1CC(N)C(c2ccc(F)cc2)C1.Cl.Cl. The van der Waals surface area contributed by atoms with Crippen LogP contribution in [0.15, 0.2) is 24.3 Å². The van der Waals surface area contributed by atoms with E-state index < -0.39 is 0 Å². The topological polar surface area (TPSA) is 38.5 Å². The van der Waals surface area contributed by atoms with Crippen LogP contribution in [0.25, 0.3) is 0 Å². The standard InChI is InChI=1S/C13H19FN2O.2ClH/c1-17-7-6-16-8-12(13(15)9-16)10-2-4-11(14)5-3-10;;/h2-5,12-13H,6-9,15H2,1H3;2*1H. The zero-order chi connectivity index (χ0) is 12.3. The number of nitrogens with two attached hydrogens (primary N) is 1. The van der Waals surface area contributed by atoms with Crippen LogP contribution in [0.2, 0.25) is 0 Å². The summed E-state index contributed by atoms with van der Waals surface area (Å²) >= 11 is 0. The number of halogens is 3. The first-order valence-corrected chi connectivity index (χ1v) is 5.93. The van der Waals surface area contributed by atoms with Gasteiger partial charge in [0.25, 0.3) is 0 Å². The Labute approximate surface area is 126 Å². The Kier molecular flexibility index (Phi) is 8.54. The van der Waals surface area contributed by atoms with Crippen LogP contribution in [-0.4, -0.2) is 44.3 Å². The van der Waals surface area contributed by atoms with Gasteiger partial charge in [-0.3, -0.25) is 4.90 Å². The zero-order valence-corrected chi connectivity index (χ0v) is 12.6. The highest BCUT2D eigenvalue weighted by molar-refractivity contribution is 5.85. The van der Waals surface area contributed by atoms with Gasteiger partial charge in [0.15, 0.2) is 0 Å². The molecule has 2 unspecified atom stereocenters. The maximum absolute atomic E-state index is 12.9. The lowest BCUT2D eigenvalue weighted by Crippen LogP contribution is -2.30. The van der Waals surface area contributed by atoms with E-state index >= 15 is 0 Å². The Hall–Kier alpha value is -0.390. The van der Waals surface area contributed by atoms with Gasteiger partial charge in [0.1, 0.15) is 5.82 Å². The first-order valence-electron chi connectivity index (χ1n) is 5.93. The zero-order valence-electron chi connectivity index (χ0n) is 10.9. The van der Waals surface area contributed by atoms with Crippen molar-refractivity contribution in [1.29, 1.82) is 0 Å². The normalized spacial score (nSPS) is 22.7. The fraction of sp³-hybridized carbons (Fsp3) is 0.538. The van der Waals surface area contributed by atoms with E-state index in [1.54, 1.807) is 7.11 Å². The average Bonchev–Trinajstić information content (AvgIpc) is 2.69. The maximum atomic E-state index is 12.9. The lowest BCUT2D eigenvalue weighted by molar-refractivity contribution is 0.160. The second-order valence-corrected chi connectivity index (χ2v) is 4.57. The summed E-state index contributed by atoms with van der Waals surface area (Å²) in [6.45, 7) is 3.44. The molecular weight excluding hydrogens is 290 g/mol. The van der Waals surface area contributed by atoms with E-state index in [0.29, 0.717) is 5.92 Å². The Balaban J connectivity index is 0.00000162. The molecule has 0 radical (unpaired) electrons. The first-order chi connectivity index (χ1) is 8.20. The number of rotatable bonds is 4. The molecule has 0 aromatic heterocycles. The lowest BCUT2D eigenvalue weighted by atomic mass is 9.95. The molecule has 2 N–H and O–H groups in total. The van der Waals surface area contributed by atoms with Gasteiger partial charge >= 0.3 is 0 Å². The second-order valence-electron chi connectivity index (χ2n) is 4.57. The molecule has 0 aliphatic carbocycles. The van der Waals surface area contributed by atoms with Crippen molar-refractivity contribution in [1.82, 2.24) is 4.90 Å². The Morgan fingerprint density at radius 3 is 2.47 bits per heavy atom. The third kappa shape index (κ3) is 4.89. The summed E-state index contributed by atoms with van der Waals surface area (Å²) < 4.78 is 17.9. The smallest absolute Gasteiger partial charge is 0.123 e. The van der Waals surface area contributed by atoms with Gasteiger partial charge < -0.3 is 10.5 Å². The van der Waals surface area contributed by atoms with E-state index in [9.17, 15) is 4.39 Å². The molecule has 110 valence electrons. The maximum Gasteiger partial charge on any atom is 0.123 e. The van der Waals surface area contributed by atoms with Gasteiger partial charge in [-0.15, -0.1) is 24.8 Å². The predicted octanol–water partition coefficient (Wildman–Crippen LogP) is 2.04. The number of likely N-dealkylation sites (tertiary alicyclic amines) is 1. The molecule has 1 aromatic rings. The summed E-state index contributed by atoms with van der Waals surface area (Å²) in [6.07, 6.45) is 0. The van der Waals surface area contributed by atoms with Crippen molar-refractivity contribution in [2.45, 2.75) is 12.0 Å². The van der Waals surface area contributed by atoms with Gasteiger partial charge in [0, 0.05) is 38.7 Å². The molecule has 19 heavy (non-hydrogen) atoms. The fourth-order valence-electron chi connectivity index (χ4n) is 2.38. The van der Waals surface area contributed by atoms with Crippen molar-refractivity contribution in [2.75, 3.05) is 33.4 Å². The van der Waals surface area contributed by atoms with Gasteiger partial charge in [-0.2, -0.15) is 0 Å². The summed E-state index contributed by atoms with van der Waals surface area (Å²) in [5.74, 6) is 0.101. The van der Waals surface area contributed by atoms with E-state index in [1.807, 2.05) is 12.1 Å². The van der Waals surface area contributed by atoms with Gasteiger partial charge in [0.2, 0.25) is 0 Å². The molecule has 2 rings (SSSR count). The molecule has 1 saturated heterocycles. The molecular formula is C13H21Cl2FN2O. The highest BCUT2D eigenvalue weighted by Gasteiger charge is 2.30. The molecule has 1 aromatic carbocycles. The number of benzene rings is 1. The van der Waals surface area contributed by atoms with Crippen molar-refractivity contribution in [3.05, 3.63) is 35.6 Å². The summed E-state index contributed by atoms with van der Waals surface area (Å²) in [6, 6.07) is 6.79. The van der Waals surface area contributed by atoms with Gasteiger partial charge in [-0.05, 0) is 17.7 Å². The summed E-state index contributed by atoms with van der Waals surface area (Å²) in [5, 5.41) is 0.